The van der Waals surface area contributed by atoms with Gasteiger partial charge in [0, 0.05) is 6.20 Å². The van der Waals surface area contributed by atoms with E-state index in [4.69, 9.17) is 0 Å². The molecule has 0 aliphatic heterocycles. The highest BCUT2D eigenvalue weighted by Crippen LogP contribution is 2.19. The largest absolute Gasteiger partial charge is 0.256 e. The molecule has 0 saturated heterocycles. The smallest absolute Gasteiger partial charge is 0.0690 e. The average Bonchev–Trinajstić information content (AvgIpc) is 2.32. The van der Waals surface area contributed by atoms with E-state index in [1.54, 1.807) is 0 Å². The van der Waals surface area contributed by atoms with Crippen molar-refractivity contribution >= 4 is 5.57 Å². The third kappa shape index (κ3) is 2.48. The highest BCUT2D eigenvalue weighted by Gasteiger charge is 2.04. The zero-order chi connectivity index (χ0) is 11.4. The van der Waals surface area contributed by atoms with Crippen LogP contribution in [0.1, 0.15) is 31.5 Å². The van der Waals surface area contributed by atoms with Gasteiger partial charge < -0.3 is 0 Å². The maximum Gasteiger partial charge on any atom is 0.0690 e. The Labute approximate surface area is 97.2 Å². The van der Waals surface area contributed by atoms with Crippen molar-refractivity contribution in [2.45, 2.75) is 26.7 Å². The van der Waals surface area contributed by atoms with Gasteiger partial charge in [-0.25, -0.2) is 0 Å². The van der Waals surface area contributed by atoms with Gasteiger partial charge in [-0.3, -0.25) is 4.98 Å². The number of aromatic nitrogens is 1. The van der Waals surface area contributed by atoms with Crippen LogP contribution in [-0.2, 0) is 6.42 Å². The lowest BCUT2D eigenvalue weighted by molar-refractivity contribution is 0.975. The summed E-state index contributed by atoms with van der Waals surface area (Å²) in [5, 5.41) is 0. The fourth-order valence-corrected chi connectivity index (χ4v) is 1.89. The second kappa shape index (κ2) is 4.93. The van der Waals surface area contributed by atoms with Crippen LogP contribution in [0.2, 0.25) is 0 Å². The quantitative estimate of drug-likeness (QED) is 0.633. The van der Waals surface area contributed by atoms with Crippen LogP contribution in [0, 0.1) is 0 Å². The minimum absolute atomic E-state index is 1.07. The Kier molecular flexibility index (Phi) is 3.35. The van der Waals surface area contributed by atoms with Gasteiger partial charge in [-0.1, -0.05) is 35.9 Å². The van der Waals surface area contributed by atoms with Gasteiger partial charge in [-0.2, -0.15) is 0 Å². The molecule has 0 N–H and O–H groups in total. The third-order valence-electron chi connectivity index (χ3n) is 2.82. The second-order valence-electron chi connectivity index (χ2n) is 4.21. The Balaban J connectivity index is 2.47. The lowest BCUT2D eigenvalue weighted by Gasteiger charge is -2.08. The van der Waals surface area contributed by atoms with E-state index in [2.05, 4.69) is 49.2 Å². The van der Waals surface area contributed by atoms with Gasteiger partial charge in [0.15, 0.2) is 0 Å². The molecule has 1 heterocycles. The summed E-state index contributed by atoms with van der Waals surface area (Å²) in [6.07, 6.45) is 12.7. The van der Waals surface area contributed by atoms with Crippen molar-refractivity contribution < 1.29 is 0 Å². The molecular formula is C15H17N. The van der Waals surface area contributed by atoms with Gasteiger partial charge in [0.2, 0.25) is 0 Å². The number of nitrogens with zero attached hydrogens (tertiary/aromatic N) is 1. The zero-order valence-electron chi connectivity index (χ0n) is 9.90. The Bertz CT molecular complexity index is 464. The lowest BCUT2D eigenvalue weighted by atomic mass is 10.0. The molecule has 0 aromatic carbocycles. The van der Waals surface area contributed by atoms with E-state index in [0.29, 0.717) is 0 Å². The van der Waals surface area contributed by atoms with Crippen molar-refractivity contribution in [1.82, 2.24) is 4.98 Å². The van der Waals surface area contributed by atoms with E-state index in [1.807, 2.05) is 12.3 Å². The minimum atomic E-state index is 1.07. The first-order valence-electron chi connectivity index (χ1n) is 5.73. The summed E-state index contributed by atoms with van der Waals surface area (Å²) >= 11 is 0. The maximum atomic E-state index is 4.48. The predicted octanol–water partition coefficient (Wildman–Crippen LogP) is 3.93. The molecule has 0 fully saturated rings. The number of pyridine rings is 1. The lowest BCUT2D eigenvalue weighted by Crippen LogP contribution is -1.95. The molecule has 0 atom stereocenters. The van der Waals surface area contributed by atoms with E-state index in [0.717, 1.165) is 18.5 Å². The summed E-state index contributed by atoms with van der Waals surface area (Å²) in [5.74, 6) is 0. The number of fused-ring (bicyclic) bond motifs is 1. The first-order chi connectivity index (χ1) is 7.77. The molecule has 1 aromatic rings. The Morgan fingerprint density at radius 3 is 2.94 bits per heavy atom. The molecule has 1 heteroatoms. The van der Waals surface area contributed by atoms with Crippen molar-refractivity contribution in [3.05, 3.63) is 59.5 Å². The van der Waals surface area contributed by atoms with E-state index in [9.17, 15) is 0 Å². The van der Waals surface area contributed by atoms with Gasteiger partial charge in [0.1, 0.15) is 0 Å². The molecule has 1 aliphatic rings. The van der Waals surface area contributed by atoms with Gasteiger partial charge >= 0.3 is 0 Å². The van der Waals surface area contributed by atoms with Crippen LogP contribution in [0.4, 0.5) is 0 Å². The molecule has 0 spiro atoms. The van der Waals surface area contributed by atoms with Gasteiger partial charge in [0.05, 0.1) is 5.69 Å². The molecule has 1 aromatic heterocycles. The molecule has 0 amide bonds. The predicted molar refractivity (Wildman–Crippen MR) is 69.1 cm³/mol. The van der Waals surface area contributed by atoms with E-state index >= 15 is 0 Å². The molecular weight excluding hydrogens is 194 g/mol. The Hall–Kier alpha value is -1.63. The molecule has 0 bridgehead atoms. The van der Waals surface area contributed by atoms with Crippen molar-refractivity contribution in [2.24, 2.45) is 0 Å². The van der Waals surface area contributed by atoms with Gasteiger partial charge in [-0.05, 0) is 43.9 Å². The molecule has 0 radical (unpaired) electrons. The Morgan fingerprint density at radius 1 is 1.19 bits per heavy atom. The number of hydrogen-bond donors (Lipinski definition) is 0. The molecule has 82 valence electrons. The van der Waals surface area contributed by atoms with Crippen LogP contribution >= 0.6 is 0 Å². The number of allylic oxidation sites excluding steroid dienone is 6. The van der Waals surface area contributed by atoms with Crippen LogP contribution < -0.4 is 0 Å². The second-order valence-corrected chi connectivity index (χ2v) is 4.21. The summed E-state index contributed by atoms with van der Waals surface area (Å²) in [6.45, 7) is 4.25. The van der Waals surface area contributed by atoms with Crippen LogP contribution in [-0.4, -0.2) is 4.98 Å². The normalized spacial score (nSPS) is 19.4. The summed E-state index contributed by atoms with van der Waals surface area (Å²) in [5.41, 5.74) is 5.01. The van der Waals surface area contributed by atoms with Crippen molar-refractivity contribution in [3.63, 3.8) is 0 Å². The molecule has 0 saturated carbocycles. The molecule has 2 rings (SSSR count). The molecule has 1 nitrogen and oxygen atoms in total. The minimum Gasteiger partial charge on any atom is -0.256 e. The third-order valence-corrected chi connectivity index (χ3v) is 2.82. The van der Waals surface area contributed by atoms with Crippen molar-refractivity contribution in [2.75, 3.05) is 0 Å². The van der Waals surface area contributed by atoms with E-state index < -0.39 is 0 Å². The average molecular weight is 211 g/mol. The van der Waals surface area contributed by atoms with Crippen LogP contribution in [0.3, 0.4) is 0 Å². The SMILES string of the molecule is CC1=C/C=C(\C)c2ncccc2CCC=C1. The van der Waals surface area contributed by atoms with Crippen molar-refractivity contribution in [1.29, 1.82) is 0 Å². The fourth-order valence-electron chi connectivity index (χ4n) is 1.89. The first-order valence-corrected chi connectivity index (χ1v) is 5.73. The molecule has 1 aliphatic carbocycles. The first kappa shape index (κ1) is 10.9. The summed E-state index contributed by atoms with van der Waals surface area (Å²) < 4.78 is 0. The number of rotatable bonds is 0. The summed E-state index contributed by atoms with van der Waals surface area (Å²) in [6, 6.07) is 4.19. The summed E-state index contributed by atoms with van der Waals surface area (Å²) in [7, 11) is 0. The topological polar surface area (TPSA) is 12.9 Å². The zero-order valence-corrected chi connectivity index (χ0v) is 9.90. The highest BCUT2D eigenvalue weighted by molar-refractivity contribution is 5.65. The maximum absolute atomic E-state index is 4.48. The highest BCUT2D eigenvalue weighted by atomic mass is 14.7. The van der Waals surface area contributed by atoms with Gasteiger partial charge in [-0.15, -0.1) is 0 Å². The number of aryl methyl sites for hydroxylation is 1. The van der Waals surface area contributed by atoms with E-state index in [-0.39, 0.29) is 0 Å². The summed E-state index contributed by atoms with van der Waals surface area (Å²) in [4.78, 5) is 4.48. The van der Waals surface area contributed by atoms with Crippen LogP contribution in [0.25, 0.3) is 5.57 Å². The molecule has 16 heavy (non-hydrogen) atoms. The molecule has 0 unspecified atom stereocenters. The van der Waals surface area contributed by atoms with E-state index in [1.165, 1.54) is 16.7 Å². The number of hydrogen-bond acceptors (Lipinski definition) is 1. The Morgan fingerprint density at radius 2 is 2.06 bits per heavy atom. The standard InChI is InChI=1S/C15H17N/c1-12-6-3-4-7-14-8-5-11-16-15(14)13(2)10-9-12/h3,5-6,8-11H,4,7H2,1-2H3/b6-3?,12-9?,13-10+. The monoisotopic (exact) mass is 211 g/mol. The van der Waals surface area contributed by atoms with Crippen molar-refractivity contribution in [3.8, 4) is 0 Å². The van der Waals surface area contributed by atoms with Crippen LogP contribution in [0.15, 0.2) is 48.2 Å². The van der Waals surface area contributed by atoms with Gasteiger partial charge in [0.25, 0.3) is 0 Å². The fraction of sp³-hybridized carbons (Fsp3) is 0.267. The van der Waals surface area contributed by atoms with Crippen LogP contribution in [0.5, 0.6) is 0 Å².